The van der Waals surface area contributed by atoms with Crippen molar-refractivity contribution in [1.29, 1.82) is 0 Å². The third-order valence-corrected chi connectivity index (χ3v) is 3.95. The van der Waals surface area contributed by atoms with Crippen molar-refractivity contribution in [2.24, 2.45) is 5.92 Å². The van der Waals surface area contributed by atoms with E-state index in [4.69, 9.17) is 0 Å². The Morgan fingerprint density at radius 2 is 2.16 bits per heavy atom. The molecule has 0 saturated carbocycles. The van der Waals surface area contributed by atoms with Gasteiger partial charge in [0.15, 0.2) is 0 Å². The molecule has 1 fully saturated rings. The van der Waals surface area contributed by atoms with Crippen LogP contribution in [0.2, 0.25) is 0 Å². The summed E-state index contributed by atoms with van der Waals surface area (Å²) in [4.78, 5) is 2.15. The molecular weight excluding hydrogens is 307 g/mol. The van der Waals surface area contributed by atoms with Gasteiger partial charge in [-0.3, -0.25) is 0 Å². The highest BCUT2D eigenvalue weighted by Crippen LogP contribution is 2.28. The Balaban J connectivity index is 1.94. The Labute approximate surface area is 123 Å². The molecule has 106 valence electrons. The summed E-state index contributed by atoms with van der Waals surface area (Å²) in [7, 11) is 0. The van der Waals surface area contributed by atoms with Crippen LogP contribution in [0.4, 0.5) is 10.1 Å². The van der Waals surface area contributed by atoms with Crippen molar-refractivity contribution in [1.82, 2.24) is 5.32 Å². The summed E-state index contributed by atoms with van der Waals surface area (Å²) in [6, 6.07) is 5.30. The van der Waals surface area contributed by atoms with Crippen molar-refractivity contribution in [3.05, 3.63) is 28.5 Å². The van der Waals surface area contributed by atoms with Gasteiger partial charge in [-0.1, -0.05) is 15.9 Å². The molecule has 1 unspecified atom stereocenters. The highest BCUT2D eigenvalue weighted by Gasteiger charge is 2.25. The van der Waals surface area contributed by atoms with Crippen LogP contribution < -0.4 is 10.2 Å². The molecule has 0 amide bonds. The van der Waals surface area contributed by atoms with Gasteiger partial charge in [-0.05, 0) is 51.3 Å². The van der Waals surface area contributed by atoms with E-state index in [-0.39, 0.29) is 11.4 Å². The molecule has 4 heteroatoms. The van der Waals surface area contributed by atoms with Crippen LogP contribution in [0.15, 0.2) is 22.7 Å². The van der Waals surface area contributed by atoms with Crippen LogP contribution in [-0.2, 0) is 0 Å². The van der Waals surface area contributed by atoms with Gasteiger partial charge in [0, 0.05) is 29.6 Å². The first-order valence-electron chi connectivity index (χ1n) is 6.80. The number of halogens is 2. The monoisotopic (exact) mass is 328 g/mol. The number of hydrogen-bond donors (Lipinski definition) is 1. The maximum atomic E-state index is 13.9. The second-order valence-electron chi connectivity index (χ2n) is 6.33. The predicted molar refractivity (Wildman–Crippen MR) is 82.2 cm³/mol. The predicted octanol–water partition coefficient (Wildman–Crippen LogP) is 3.80. The fourth-order valence-corrected chi connectivity index (χ4v) is 2.74. The van der Waals surface area contributed by atoms with E-state index in [9.17, 15) is 4.39 Å². The third kappa shape index (κ3) is 4.18. The van der Waals surface area contributed by atoms with Crippen LogP contribution in [0, 0.1) is 11.7 Å². The Morgan fingerprint density at radius 3 is 2.79 bits per heavy atom. The van der Waals surface area contributed by atoms with Gasteiger partial charge >= 0.3 is 0 Å². The van der Waals surface area contributed by atoms with Gasteiger partial charge < -0.3 is 10.2 Å². The smallest absolute Gasteiger partial charge is 0.147 e. The maximum Gasteiger partial charge on any atom is 0.147 e. The molecule has 1 aromatic carbocycles. The summed E-state index contributed by atoms with van der Waals surface area (Å²) in [5.41, 5.74) is 0.873. The topological polar surface area (TPSA) is 15.3 Å². The molecule has 1 saturated heterocycles. The van der Waals surface area contributed by atoms with Gasteiger partial charge in [0.05, 0.1) is 5.69 Å². The lowest BCUT2D eigenvalue weighted by Gasteiger charge is -2.24. The molecule has 1 atom stereocenters. The second kappa shape index (κ2) is 5.80. The van der Waals surface area contributed by atoms with Gasteiger partial charge in [0.2, 0.25) is 0 Å². The summed E-state index contributed by atoms with van der Waals surface area (Å²) >= 11 is 3.29. The van der Waals surface area contributed by atoms with E-state index in [2.05, 4.69) is 46.9 Å². The zero-order valence-corrected chi connectivity index (χ0v) is 13.4. The summed E-state index contributed by atoms with van der Waals surface area (Å²) < 4.78 is 14.7. The highest BCUT2D eigenvalue weighted by atomic mass is 79.9. The zero-order valence-electron chi connectivity index (χ0n) is 11.8. The third-order valence-electron chi connectivity index (χ3n) is 3.46. The molecule has 0 spiro atoms. The molecule has 1 aliphatic heterocycles. The average Bonchev–Trinajstić information content (AvgIpc) is 2.74. The first-order chi connectivity index (χ1) is 8.85. The van der Waals surface area contributed by atoms with Gasteiger partial charge in [-0.2, -0.15) is 0 Å². The van der Waals surface area contributed by atoms with Gasteiger partial charge in [-0.15, -0.1) is 0 Å². The van der Waals surface area contributed by atoms with Crippen LogP contribution >= 0.6 is 15.9 Å². The Hall–Kier alpha value is -0.610. The van der Waals surface area contributed by atoms with E-state index in [1.54, 1.807) is 0 Å². The minimum absolute atomic E-state index is 0.140. The van der Waals surface area contributed by atoms with Crippen LogP contribution in [0.3, 0.4) is 0 Å². The standard InChI is InChI=1S/C15H22BrFN2/c1-15(2,3)18-9-11-6-7-19(10-11)14-5-4-12(16)8-13(14)17/h4-5,8,11,18H,6-7,9-10H2,1-3H3. The van der Waals surface area contributed by atoms with Crippen LogP contribution in [0.1, 0.15) is 27.2 Å². The summed E-state index contributed by atoms with van der Waals surface area (Å²) in [5.74, 6) is 0.459. The Kier molecular flexibility index (Phi) is 4.51. The molecule has 0 aliphatic carbocycles. The first-order valence-corrected chi connectivity index (χ1v) is 7.59. The molecule has 2 nitrogen and oxygen atoms in total. The van der Waals surface area contributed by atoms with E-state index in [0.29, 0.717) is 5.92 Å². The highest BCUT2D eigenvalue weighted by molar-refractivity contribution is 9.10. The number of anilines is 1. The molecule has 1 aliphatic rings. The van der Waals surface area contributed by atoms with Crippen LogP contribution in [0.5, 0.6) is 0 Å². The Morgan fingerprint density at radius 1 is 1.42 bits per heavy atom. The number of benzene rings is 1. The van der Waals surface area contributed by atoms with E-state index in [1.807, 2.05) is 12.1 Å². The molecule has 0 aromatic heterocycles. The SMILES string of the molecule is CC(C)(C)NCC1CCN(c2ccc(Br)cc2F)C1. The summed E-state index contributed by atoms with van der Waals surface area (Å²) in [5, 5.41) is 3.53. The van der Waals surface area contributed by atoms with Crippen LogP contribution in [0.25, 0.3) is 0 Å². The van der Waals surface area contributed by atoms with Crippen molar-refractivity contribution in [2.45, 2.75) is 32.7 Å². The van der Waals surface area contributed by atoms with Crippen molar-refractivity contribution >= 4 is 21.6 Å². The molecular formula is C15H22BrFN2. The number of hydrogen-bond acceptors (Lipinski definition) is 2. The van der Waals surface area contributed by atoms with Gasteiger partial charge in [-0.25, -0.2) is 4.39 Å². The van der Waals surface area contributed by atoms with Crippen molar-refractivity contribution < 1.29 is 4.39 Å². The molecule has 2 rings (SSSR count). The lowest BCUT2D eigenvalue weighted by atomic mass is 10.1. The zero-order chi connectivity index (χ0) is 14.0. The minimum Gasteiger partial charge on any atom is -0.369 e. The van der Waals surface area contributed by atoms with Crippen molar-refractivity contribution in [2.75, 3.05) is 24.5 Å². The lowest BCUT2D eigenvalue weighted by molar-refractivity contribution is 0.383. The first kappa shape index (κ1) is 14.8. The van der Waals surface area contributed by atoms with Gasteiger partial charge in [0.25, 0.3) is 0 Å². The maximum absolute atomic E-state index is 13.9. The normalized spacial score (nSPS) is 20.1. The van der Waals surface area contributed by atoms with E-state index in [1.165, 1.54) is 6.07 Å². The lowest BCUT2D eigenvalue weighted by Crippen LogP contribution is -2.39. The molecule has 1 aromatic rings. The van der Waals surface area contributed by atoms with E-state index < -0.39 is 0 Å². The van der Waals surface area contributed by atoms with E-state index in [0.717, 1.165) is 36.2 Å². The molecule has 0 bridgehead atoms. The quantitative estimate of drug-likeness (QED) is 0.907. The summed E-state index contributed by atoms with van der Waals surface area (Å²) in [6.07, 6.45) is 1.12. The Bertz CT molecular complexity index is 442. The average molecular weight is 329 g/mol. The van der Waals surface area contributed by atoms with Crippen LogP contribution in [-0.4, -0.2) is 25.2 Å². The fourth-order valence-electron chi connectivity index (χ4n) is 2.41. The van der Waals surface area contributed by atoms with Gasteiger partial charge in [0.1, 0.15) is 5.82 Å². The molecule has 1 N–H and O–H groups in total. The van der Waals surface area contributed by atoms with Crippen molar-refractivity contribution in [3.8, 4) is 0 Å². The number of nitrogens with one attached hydrogen (secondary N) is 1. The number of rotatable bonds is 3. The number of nitrogens with zero attached hydrogens (tertiary/aromatic N) is 1. The largest absolute Gasteiger partial charge is 0.369 e. The van der Waals surface area contributed by atoms with Crippen molar-refractivity contribution in [3.63, 3.8) is 0 Å². The minimum atomic E-state index is -0.140. The summed E-state index contributed by atoms with van der Waals surface area (Å²) in [6.45, 7) is 9.39. The van der Waals surface area contributed by atoms with E-state index >= 15 is 0 Å². The molecule has 19 heavy (non-hydrogen) atoms. The fraction of sp³-hybridized carbons (Fsp3) is 0.600. The molecule has 0 radical (unpaired) electrons. The molecule has 1 heterocycles. The second-order valence-corrected chi connectivity index (χ2v) is 7.24.